The van der Waals surface area contributed by atoms with Crippen LogP contribution in [0.4, 0.5) is 5.69 Å². The predicted molar refractivity (Wildman–Crippen MR) is 133 cm³/mol. The number of sulfonamides is 1. The lowest BCUT2D eigenvalue weighted by atomic mass is 10.1. The largest absolute Gasteiger partial charge is 0.497 e. The van der Waals surface area contributed by atoms with E-state index in [9.17, 15) is 13.2 Å². The van der Waals surface area contributed by atoms with Crippen molar-refractivity contribution >= 4 is 21.6 Å². The zero-order valence-electron chi connectivity index (χ0n) is 19.7. The first-order valence-electron chi connectivity index (χ1n) is 11.1. The highest BCUT2D eigenvalue weighted by Crippen LogP contribution is 2.25. The second-order valence-electron chi connectivity index (χ2n) is 7.70. The van der Waals surface area contributed by atoms with Crippen molar-refractivity contribution < 1.29 is 22.7 Å². The molecule has 0 saturated heterocycles. The van der Waals surface area contributed by atoms with Gasteiger partial charge in [0, 0.05) is 6.54 Å². The van der Waals surface area contributed by atoms with Gasteiger partial charge in [0.15, 0.2) is 0 Å². The zero-order chi connectivity index (χ0) is 24.6. The molecule has 0 bridgehead atoms. The van der Waals surface area contributed by atoms with Gasteiger partial charge >= 0.3 is 0 Å². The maximum absolute atomic E-state index is 13.5. The predicted octanol–water partition coefficient (Wildman–Crippen LogP) is 3.96. The Bertz CT molecular complexity index is 1180. The Labute approximate surface area is 201 Å². The Kier molecular flexibility index (Phi) is 8.54. The molecule has 0 unspecified atom stereocenters. The first-order chi connectivity index (χ1) is 16.3. The quantitative estimate of drug-likeness (QED) is 0.447. The molecule has 34 heavy (non-hydrogen) atoms. The summed E-state index contributed by atoms with van der Waals surface area (Å²) in [7, 11) is -2.37. The van der Waals surface area contributed by atoms with E-state index in [2.05, 4.69) is 5.32 Å². The lowest BCUT2D eigenvalue weighted by molar-refractivity contribution is -0.119. The minimum atomic E-state index is -3.98. The van der Waals surface area contributed by atoms with Crippen molar-refractivity contribution in [2.45, 2.75) is 25.2 Å². The molecule has 0 aliphatic heterocycles. The molecule has 3 rings (SSSR count). The molecule has 1 amide bonds. The summed E-state index contributed by atoms with van der Waals surface area (Å²) in [5, 5.41) is 2.82. The average molecular weight is 483 g/mol. The van der Waals surface area contributed by atoms with Crippen LogP contribution < -0.4 is 19.1 Å². The molecule has 0 aromatic heterocycles. The van der Waals surface area contributed by atoms with Crippen molar-refractivity contribution in [3.05, 3.63) is 83.9 Å². The van der Waals surface area contributed by atoms with Crippen molar-refractivity contribution in [1.29, 1.82) is 0 Å². The van der Waals surface area contributed by atoms with Gasteiger partial charge in [-0.2, -0.15) is 0 Å². The average Bonchev–Trinajstić information content (AvgIpc) is 2.84. The van der Waals surface area contributed by atoms with Gasteiger partial charge in [0.25, 0.3) is 10.0 Å². The smallest absolute Gasteiger partial charge is 0.264 e. The van der Waals surface area contributed by atoms with Gasteiger partial charge in [-0.25, -0.2) is 8.42 Å². The van der Waals surface area contributed by atoms with Gasteiger partial charge < -0.3 is 14.8 Å². The van der Waals surface area contributed by atoms with E-state index in [1.165, 1.54) is 12.1 Å². The van der Waals surface area contributed by atoms with Gasteiger partial charge in [-0.1, -0.05) is 29.8 Å². The Morgan fingerprint density at radius 3 is 2.12 bits per heavy atom. The van der Waals surface area contributed by atoms with Gasteiger partial charge in [-0.15, -0.1) is 0 Å². The van der Waals surface area contributed by atoms with E-state index in [-0.39, 0.29) is 17.3 Å². The van der Waals surface area contributed by atoms with Crippen LogP contribution in [0.2, 0.25) is 0 Å². The summed E-state index contributed by atoms with van der Waals surface area (Å²) in [6.07, 6.45) is 0.617. The van der Waals surface area contributed by atoms with Gasteiger partial charge in [0.05, 0.1) is 24.3 Å². The van der Waals surface area contributed by atoms with Crippen LogP contribution in [0.5, 0.6) is 11.5 Å². The number of hydrogen-bond donors (Lipinski definition) is 1. The molecule has 0 heterocycles. The summed E-state index contributed by atoms with van der Waals surface area (Å²) >= 11 is 0. The van der Waals surface area contributed by atoms with Crippen molar-refractivity contribution in [2.75, 3.05) is 31.1 Å². The number of carbonyl (C=O) groups excluding carboxylic acids is 1. The number of nitrogens with one attached hydrogen (secondary N) is 1. The maximum Gasteiger partial charge on any atom is 0.264 e. The molecule has 8 heteroatoms. The van der Waals surface area contributed by atoms with E-state index < -0.39 is 10.0 Å². The first-order valence-corrected chi connectivity index (χ1v) is 12.5. The second kappa shape index (κ2) is 11.6. The zero-order valence-corrected chi connectivity index (χ0v) is 20.5. The van der Waals surface area contributed by atoms with Crippen LogP contribution in [0.1, 0.15) is 18.1 Å². The maximum atomic E-state index is 13.5. The van der Waals surface area contributed by atoms with Crippen LogP contribution in [0.3, 0.4) is 0 Å². The van der Waals surface area contributed by atoms with E-state index in [1.807, 2.05) is 50.2 Å². The van der Waals surface area contributed by atoms with Crippen molar-refractivity contribution in [3.8, 4) is 11.5 Å². The molecule has 3 aromatic rings. The number of rotatable bonds is 11. The number of methoxy groups -OCH3 is 1. The first kappa shape index (κ1) is 25.1. The molecule has 0 fully saturated rings. The van der Waals surface area contributed by atoms with Gasteiger partial charge in [-0.3, -0.25) is 9.10 Å². The Morgan fingerprint density at radius 1 is 0.912 bits per heavy atom. The topological polar surface area (TPSA) is 84.9 Å². The third-order valence-electron chi connectivity index (χ3n) is 5.23. The molecule has 180 valence electrons. The number of amides is 1. The van der Waals surface area contributed by atoms with E-state index >= 15 is 0 Å². The number of benzene rings is 3. The highest BCUT2D eigenvalue weighted by molar-refractivity contribution is 7.92. The van der Waals surface area contributed by atoms with Crippen molar-refractivity contribution in [3.63, 3.8) is 0 Å². The monoisotopic (exact) mass is 482 g/mol. The Balaban J connectivity index is 1.74. The Hall–Kier alpha value is -3.52. The Morgan fingerprint density at radius 2 is 1.53 bits per heavy atom. The van der Waals surface area contributed by atoms with Crippen LogP contribution >= 0.6 is 0 Å². The van der Waals surface area contributed by atoms with E-state index in [0.29, 0.717) is 31.0 Å². The van der Waals surface area contributed by atoms with Gasteiger partial charge in [-0.05, 0) is 74.4 Å². The summed E-state index contributed by atoms with van der Waals surface area (Å²) in [5.74, 6) is 0.962. The fourth-order valence-corrected chi connectivity index (χ4v) is 4.77. The van der Waals surface area contributed by atoms with Crippen LogP contribution in [-0.4, -0.2) is 41.1 Å². The summed E-state index contributed by atoms with van der Waals surface area (Å²) < 4.78 is 38.6. The van der Waals surface area contributed by atoms with Gasteiger partial charge in [0.2, 0.25) is 5.91 Å². The fourth-order valence-electron chi connectivity index (χ4n) is 3.35. The van der Waals surface area contributed by atoms with E-state index in [1.54, 1.807) is 31.4 Å². The lowest BCUT2D eigenvalue weighted by Crippen LogP contribution is -2.41. The summed E-state index contributed by atoms with van der Waals surface area (Å²) in [5.41, 5.74) is 2.45. The second-order valence-corrected chi connectivity index (χ2v) is 9.56. The molecule has 0 aliphatic carbocycles. The number of ether oxygens (including phenoxy) is 2. The highest BCUT2D eigenvalue weighted by atomic mass is 32.2. The third-order valence-corrected chi connectivity index (χ3v) is 7.01. The van der Waals surface area contributed by atoms with Crippen LogP contribution in [0.25, 0.3) is 0 Å². The highest BCUT2D eigenvalue weighted by Gasteiger charge is 2.27. The molecule has 0 spiro atoms. The van der Waals surface area contributed by atoms with Crippen LogP contribution in [0, 0.1) is 6.92 Å². The fraction of sp³-hybridized carbons (Fsp3) is 0.269. The number of nitrogens with zero attached hydrogens (tertiary/aromatic N) is 1. The van der Waals surface area contributed by atoms with Gasteiger partial charge in [0.1, 0.15) is 18.0 Å². The molecule has 0 atom stereocenters. The SMILES string of the molecule is CCOc1ccc(S(=O)(=O)N(CC(=O)NCCc2ccc(OC)cc2)c2ccc(C)cc2)cc1. The minimum Gasteiger partial charge on any atom is -0.497 e. The van der Waals surface area contributed by atoms with E-state index in [4.69, 9.17) is 9.47 Å². The molecule has 3 aromatic carbocycles. The minimum absolute atomic E-state index is 0.0857. The summed E-state index contributed by atoms with van der Waals surface area (Å²) in [6, 6.07) is 20.8. The molecular formula is C26H30N2O5S. The molecular weight excluding hydrogens is 452 g/mol. The molecule has 7 nitrogen and oxygen atoms in total. The number of anilines is 1. The standard InChI is InChI=1S/C26H30N2O5S/c1-4-33-24-13-15-25(16-14-24)34(30,31)28(22-9-5-20(2)6-10-22)19-26(29)27-18-17-21-7-11-23(32-3)12-8-21/h5-16H,4,17-19H2,1-3H3,(H,27,29). The van der Waals surface area contributed by atoms with Crippen molar-refractivity contribution in [2.24, 2.45) is 0 Å². The number of aryl methyl sites for hydroxylation is 1. The molecule has 1 N–H and O–H groups in total. The summed E-state index contributed by atoms with van der Waals surface area (Å²) in [4.78, 5) is 12.8. The van der Waals surface area contributed by atoms with Crippen LogP contribution in [-0.2, 0) is 21.2 Å². The number of carbonyl (C=O) groups is 1. The van der Waals surface area contributed by atoms with Crippen molar-refractivity contribution in [1.82, 2.24) is 5.32 Å². The molecule has 0 radical (unpaired) electrons. The normalized spacial score (nSPS) is 11.0. The van der Waals surface area contributed by atoms with Crippen LogP contribution in [0.15, 0.2) is 77.7 Å². The third kappa shape index (κ3) is 6.51. The number of hydrogen-bond acceptors (Lipinski definition) is 5. The lowest BCUT2D eigenvalue weighted by Gasteiger charge is -2.24. The van der Waals surface area contributed by atoms with E-state index in [0.717, 1.165) is 21.2 Å². The molecule has 0 saturated carbocycles. The molecule has 0 aliphatic rings. The summed E-state index contributed by atoms with van der Waals surface area (Å²) in [6.45, 7) is 4.31.